The quantitative estimate of drug-likeness (QED) is 0.476. The molecule has 0 aromatic heterocycles. The van der Waals surface area contributed by atoms with Gasteiger partial charge >= 0.3 is 5.97 Å². The van der Waals surface area contributed by atoms with Crippen LogP contribution in [-0.2, 0) is 30.5 Å². The Hall–Kier alpha value is -3.88. The Kier molecular flexibility index (Phi) is 6.58. The fraction of sp³-hybridized carbons (Fsp3) is 0.333. The summed E-state index contributed by atoms with van der Waals surface area (Å²) in [6.45, 7) is 1.62. The summed E-state index contributed by atoms with van der Waals surface area (Å²) < 4.78 is 10.8. The van der Waals surface area contributed by atoms with Gasteiger partial charge in [-0.3, -0.25) is 14.4 Å². The largest absolute Gasteiger partial charge is 0.484 e. The monoisotopic (exact) mass is 451 g/mol. The summed E-state index contributed by atoms with van der Waals surface area (Å²) in [6.07, 6.45) is -0.952. The van der Waals surface area contributed by atoms with Crippen LogP contribution in [0, 0.1) is 0 Å². The molecule has 2 aliphatic heterocycles. The second-order valence-electron chi connectivity index (χ2n) is 7.83. The molecule has 2 fully saturated rings. The topological polar surface area (TPSA) is 105 Å². The Morgan fingerprint density at radius 3 is 2.36 bits per heavy atom. The number of para-hydroxylation sites is 1. The van der Waals surface area contributed by atoms with Gasteiger partial charge in [-0.2, -0.15) is 0 Å². The van der Waals surface area contributed by atoms with E-state index in [4.69, 9.17) is 9.47 Å². The molecule has 3 amide bonds. The fourth-order valence-electron chi connectivity index (χ4n) is 4.04. The van der Waals surface area contributed by atoms with Crippen molar-refractivity contribution in [1.82, 2.24) is 15.1 Å². The van der Waals surface area contributed by atoms with E-state index in [9.17, 15) is 19.2 Å². The zero-order chi connectivity index (χ0) is 23.4. The number of nitrogens with zero attached hydrogens (tertiary/aromatic N) is 2. The van der Waals surface area contributed by atoms with Gasteiger partial charge in [0.25, 0.3) is 5.91 Å². The summed E-state index contributed by atoms with van der Waals surface area (Å²) in [5.41, 5.74) is 0.798. The fourth-order valence-corrected chi connectivity index (χ4v) is 4.04. The molecule has 0 bridgehead atoms. The van der Waals surface area contributed by atoms with Gasteiger partial charge < -0.3 is 24.6 Å². The molecule has 2 aromatic rings. The van der Waals surface area contributed by atoms with Crippen molar-refractivity contribution in [1.29, 1.82) is 0 Å². The van der Waals surface area contributed by atoms with E-state index in [1.165, 1.54) is 9.80 Å². The molecule has 33 heavy (non-hydrogen) atoms. The van der Waals surface area contributed by atoms with E-state index < -0.39 is 36.0 Å². The molecule has 2 heterocycles. The van der Waals surface area contributed by atoms with Gasteiger partial charge in [0.05, 0.1) is 6.04 Å². The molecule has 2 unspecified atom stereocenters. The number of ether oxygens (including phenoxy) is 2. The van der Waals surface area contributed by atoms with E-state index in [1.807, 2.05) is 36.4 Å². The van der Waals surface area contributed by atoms with Gasteiger partial charge in [-0.1, -0.05) is 55.5 Å². The number of β-lactam (4-membered cyclic amide) rings is 1. The number of benzene rings is 2. The number of fused-ring (bicyclic) bond motifs is 1. The molecule has 0 saturated carbocycles. The van der Waals surface area contributed by atoms with Crippen molar-refractivity contribution in [3.63, 3.8) is 0 Å². The summed E-state index contributed by atoms with van der Waals surface area (Å²) in [5.74, 6) is -1.29. The maximum absolute atomic E-state index is 12.9. The number of nitrogens with one attached hydrogen (secondary N) is 1. The van der Waals surface area contributed by atoms with Crippen LogP contribution < -0.4 is 10.1 Å². The lowest BCUT2D eigenvalue weighted by atomic mass is 9.96. The lowest BCUT2D eigenvalue weighted by Gasteiger charge is -2.43. The molecule has 2 aromatic carbocycles. The van der Waals surface area contributed by atoms with Crippen LogP contribution in [0.3, 0.4) is 0 Å². The predicted molar refractivity (Wildman–Crippen MR) is 117 cm³/mol. The molecule has 3 atom stereocenters. The molecule has 9 heteroatoms. The highest BCUT2D eigenvalue weighted by Gasteiger charge is 2.61. The molecule has 4 rings (SSSR count). The van der Waals surface area contributed by atoms with E-state index in [2.05, 4.69) is 5.32 Å². The van der Waals surface area contributed by atoms with E-state index in [1.54, 1.807) is 31.2 Å². The highest BCUT2D eigenvalue weighted by Crippen LogP contribution is 2.33. The molecule has 2 aliphatic rings. The maximum Gasteiger partial charge on any atom is 0.350 e. The Labute approximate surface area is 191 Å². The zero-order valence-electron chi connectivity index (χ0n) is 18.2. The lowest BCUT2D eigenvalue weighted by molar-refractivity contribution is -0.170. The van der Waals surface area contributed by atoms with Crippen LogP contribution in [0.25, 0.3) is 0 Å². The number of hydrogen-bond donors (Lipinski definition) is 1. The van der Waals surface area contributed by atoms with Gasteiger partial charge in [0.15, 0.2) is 6.61 Å². The third kappa shape index (κ3) is 4.67. The average Bonchev–Trinajstić information content (AvgIpc) is 3.22. The van der Waals surface area contributed by atoms with Crippen molar-refractivity contribution in [3.05, 3.63) is 66.2 Å². The molecule has 0 aliphatic carbocycles. The summed E-state index contributed by atoms with van der Waals surface area (Å²) in [4.78, 5) is 53.2. The lowest BCUT2D eigenvalue weighted by Crippen LogP contribution is -2.71. The number of rotatable bonds is 8. The van der Waals surface area contributed by atoms with Crippen molar-refractivity contribution in [2.75, 3.05) is 13.2 Å². The average molecular weight is 451 g/mol. The summed E-state index contributed by atoms with van der Waals surface area (Å²) in [7, 11) is 0. The minimum Gasteiger partial charge on any atom is -0.484 e. The molecular formula is C24H25N3O6. The molecule has 2 saturated heterocycles. The third-order valence-corrected chi connectivity index (χ3v) is 5.69. The SMILES string of the molecule is CCC(=O)N1CC2[C@@H](NC(=O)COc3ccccc3)C(=O)N2C1C(=O)OCc1ccccc1. The Balaban J connectivity index is 1.39. The van der Waals surface area contributed by atoms with Crippen LogP contribution in [0.2, 0.25) is 0 Å². The van der Waals surface area contributed by atoms with Crippen LogP contribution in [0.5, 0.6) is 5.75 Å². The molecule has 0 radical (unpaired) electrons. The van der Waals surface area contributed by atoms with Crippen LogP contribution in [-0.4, -0.2) is 64.9 Å². The second kappa shape index (κ2) is 9.72. The van der Waals surface area contributed by atoms with Gasteiger partial charge in [0.1, 0.15) is 18.4 Å². The Morgan fingerprint density at radius 1 is 1.03 bits per heavy atom. The van der Waals surface area contributed by atoms with E-state index in [0.717, 1.165) is 5.56 Å². The first-order valence-corrected chi connectivity index (χ1v) is 10.8. The van der Waals surface area contributed by atoms with Gasteiger partial charge in [0, 0.05) is 13.0 Å². The first-order chi connectivity index (χ1) is 16.0. The minimum atomic E-state index is -1.13. The smallest absolute Gasteiger partial charge is 0.350 e. The Morgan fingerprint density at radius 2 is 1.70 bits per heavy atom. The molecule has 172 valence electrons. The number of hydrogen-bond acceptors (Lipinski definition) is 6. The molecule has 0 spiro atoms. The summed E-state index contributed by atoms with van der Waals surface area (Å²) in [5, 5.41) is 2.66. The van der Waals surface area contributed by atoms with E-state index in [0.29, 0.717) is 5.75 Å². The van der Waals surface area contributed by atoms with E-state index in [-0.39, 0.29) is 32.1 Å². The maximum atomic E-state index is 12.9. The Bertz CT molecular complexity index is 1030. The first kappa shape index (κ1) is 22.3. The summed E-state index contributed by atoms with van der Waals surface area (Å²) >= 11 is 0. The van der Waals surface area contributed by atoms with Crippen molar-refractivity contribution in [2.45, 2.75) is 38.2 Å². The molecular weight excluding hydrogens is 426 g/mol. The standard InChI is InChI=1S/C24H25N3O6/c1-2-20(29)26-13-18-21(25-19(28)15-32-17-11-7-4-8-12-17)23(30)27(18)22(26)24(31)33-14-16-9-5-3-6-10-16/h3-12,18,21-22H,2,13-15H2,1H3,(H,25,28)/t18?,21-,22?/m1/s1. The van der Waals surface area contributed by atoms with Crippen molar-refractivity contribution in [2.24, 2.45) is 0 Å². The number of carbonyl (C=O) groups excluding carboxylic acids is 4. The van der Waals surface area contributed by atoms with Crippen LogP contribution in [0.4, 0.5) is 0 Å². The highest BCUT2D eigenvalue weighted by atomic mass is 16.5. The zero-order valence-corrected chi connectivity index (χ0v) is 18.2. The van der Waals surface area contributed by atoms with Gasteiger partial charge in [-0.05, 0) is 17.7 Å². The van der Waals surface area contributed by atoms with Gasteiger partial charge in [-0.15, -0.1) is 0 Å². The van der Waals surface area contributed by atoms with Gasteiger partial charge in [0.2, 0.25) is 18.0 Å². The summed E-state index contributed by atoms with van der Waals surface area (Å²) in [6, 6.07) is 16.7. The molecule has 1 N–H and O–H groups in total. The van der Waals surface area contributed by atoms with Crippen molar-refractivity contribution in [3.8, 4) is 5.75 Å². The predicted octanol–water partition coefficient (Wildman–Crippen LogP) is 1.08. The number of amides is 3. The van der Waals surface area contributed by atoms with Crippen molar-refractivity contribution < 1.29 is 28.7 Å². The van der Waals surface area contributed by atoms with Crippen LogP contribution in [0.1, 0.15) is 18.9 Å². The highest BCUT2D eigenvalue weighted by molar-refractivity contribution is 5.99. The third-order valence-electron chi connectivity index (χ3n) is 5.69. The van der Waals surface area contributed by atoms with Crippen LogP contribution in [0.15, 0.2) is 60.7 Å². The second-order valence-corrected chi connectivity index (χ2v) is 7.83. The number of esters is 1. The van der Waals surface area contributed by atoms with E-state index >= 15 is 0 Å². The van der Waals surface area contributed by atoms with Gasteiger partial charge in [-0.25, -0.2) is 4.79 Å². The molecule has 9 nitrogen and oxygen atoms in total. The first-order valence-electron chi connectivity index (χ1n) is 10.8. The normalized spacial score (nSPS) is 21.1. The number of carbonyl (C=O) groups is 4. The van der Waals surface area contributed by atoms with Crippen molar-refractivity contribution >= 4 is 23.7 Å². The minimum absolute atomic E-state index is 0.0357. The van der Waals surface area contributed by atoms with Crippen LogP contribution >= 0.6 is 0 Å².